The Balaban J connectivity index is 0.00000136. The van der Waals surface area contributed by atoms with Gasteiger partial charge in [0.1, 0.15) is 0 Å². The Bertz CT molecular complexity index is 1170. The summed E-state index contributed by atoms with van der Waals surface area (Å²) in [5, 5.41) is 3.19. The summed E-state index contributed by atoms with van der Waals surface area (Å²) >= 11 is -1.04. The molecule has 0 saturated heterocycles. The fourth-order valence-electron chi connectivity index (χ4n) is 4.58. The SMILES string of the molecule is Cc1ccccc1PC1=Cc2ccccc2[CH]1[Hf+2][CH]1C=Cc2c(C)ccc(C)c21.[Cl-].[Cl-]. The average molecular weight is 630 g/mol. The molecule has 31 heavy (non-hydrogen) atoms. The zero-order valence-corrected chi connectivity index (χ0v) is 24.0. The van der Waals surface area contributed by atoms with Crippen LogP contribution in [-0.2, 0) is 22.9 Å². The van der Waals surface area contributed by atoms with Crippen molar-refractivity contribution in [2.75, 3.05) is 0 Å². The van der Waals surface area contributed by atoms with Gasteiger partial charge in [0.05, 0.1) is 0 Å². The molecule has 0 bridgehead atoms. The third-order valence-corrected chi connectivity index (χ3v) is 15.2. The minimum absolute atomic E-state index is 0. The molecular formula is C27H25Cl2HfP. The Morgan fingerprint density at radius 3 is 2.29 bits per heavy atom. The molecule has 2 aliphatic rings. The minimum Gasteiger partial charge on any atom is -1.00 e. The van der Waals surface area contributed by atoms with Gasteiger partial charge in [-0.2, -0.15) is 0 Å². The third kappa shape index (κ3) is 4.72. The Hall–Kier alpha value is -0.980. The molecule has 0 aromatic heterocycles. The van der Waals surface area contributed by atoms with Gasteiger partial charge in [0.2, 0.25) is 0 Å². The van der Waals surface area contributed by atoms with Gasteiger partial charge in [-0.1, -0.05) is 0 Å². The smallest absolute Gasteiger partial charge is 1.00 e. The van der Waals surface area contributed by atoms with E-state index in [9.17, 15) is 0 Å². The predicted molar refractivity (Wildman–Crippen MR) is 124 cm³/mol. The molecule has 156 valence electrons. The van der Waals surface area contributed by atoms with Gasteiger partial charge >= 0.3 is 188 Å². The third-order valence-electron chi connectivity index (χ3n) is 6.19. The summed E-state index contributed by atoms with van der Waals surface area (Å²) in [6, 6.07) is 22.7. The maximum Gasteiger partial charge on any atom is -1.00 e. The molecule has 0 nitrogen and oxygen atoms in total. The molecular weight excluding hydrogens is 605 g/mol. The predicted octanol–water partition coefficient (Wildman–Crippen LogP) is 0.870. The first-order valence-corrected chi connectivity index (χ1v) is 15.4. The summed E-state index contributed by atoms with van der Waals surface area (Å²) < 4.78 is 1.40. The van der Waals surface area contributed by atoms with Crippen molar-refractivity contribution >= 4 is 26.0 Å². The van der Waals surface area contributed by atoms with E-state index in [4.69, 9.17) is 0 Å². The Morgan fingerprint density at radius 2 is 1.48 bits per heavy atom. The van der Waals surface area contributed by atoms with Crippen LogP contribution in [0.4, 0.5) is 0 Å². The summed E-state index contributed by atoms with van der Waals surface area (Å²) in [4.78, 5) is 0. The van der Waals surface area contributed by atoms with Crippen LogP contribution in [0.15, 0.2) is 72.1 Å². The van der Waals surface area contributed by atoms with Crippen molar-refractivity contribution in [3.05, 3.63) is 111 Å². The van der Waals surface area contributed by atoms with Crippen LogP contribution in [0.5, 0.6) is 0 Å². The summed E-state index contributed by atoms with van der Waals surface area (Å²) in [7, 11) is 0.790. The number of hydrogen-bond donors (Lipinski definition) is 0. The second-order valence-corrected chi connectivity index (χ2v) is 15.0. The van der Waals surface area contributed by atoms with Crippen LogP contribution in [0.1, 0.15) is 46.3 Å². The first kappa shape index (κ1) is 24.7. The molecule has 0 saturated carbocycles. The van der Waals surface area contributed by atoms with Crippen molar-refractivity contribution in [3.63, 3.8) is 0 Å². The Kier molecular flexibility index (Phi) is 8.20. The zero-order valence-electron chi connectivity index (χ0n) is 17.9. The molecule has 3 aromatic carbocycles. The molecule has 4 heteroatoms. The van der Waals surface area contributed by atoms with Crippen LogP contribution in [0.25, 0.3) is 12.2 Å². The molecule has 2 aliphatic carbocycles. The molecule has 0 spiro atoms. The molecule has 0 radical (unpaired) electrons. The van der Waals surface area contributed by atoms with Crippen LogP contribution in [0.3, 0.4) is 0 Å². The van der Waals surface area contributed by atoms with Crippen molar-refractivity contribution in [2.24, 2.45) is 0 Å². The van der Waals surface area contributed by atoms with Crippen LogP contribution in [0, 0.1) is 20.8 Å². The van der Waals surface area contributed by atoms with Crippen LogP contribution in [0.2, 0.25) is 0 Å². The topological polar surface area (TPSA) is 0 Å². The molecule has 3 atom stereocenters. The standard InChI is InChI=1S/C16H14P.C11H11.2ClH.Hf/c1-12-6-2-5-9-16(12)17-15-10-13-7-3-4-8-14(13)11-15;1-8-6-7-9(2)11-5-3-4-10(8)11;;;/h2-11,17H,1H3;3-7H,1-2H3;2*1H;/q;;;;+2/p-2. The Morgan fingerprint density at radius 1 is 0.774 bits per heavy atom. The van der Waals surface area contributed by atoms with E-state index in [0.29, 0.717) is 7.35 Å². The number of halogens is 2. The van der Waals surface area contributed by atoms with Gasteiger partial charge in [-0.25, -0.2) is 0 Å². The zero-order chi connectivity index (χ0) is 20.0. The van der Waals surface area contributed by atoms with E-state index in [0.717, 1.165) is 8.58 Å². The van der Waals surface area contributed by atoms with E-state index >= 15 is 0 Å². The van der Waals surface area contributed by atoms with Gasteiger partial charge in [0, 0.05) is 0 Å². The van der Waals surface area contributed by atoms with Crippen LogP contribution < -0.4 is 30.1 Å². The number of aryl methyl sites for hydroxylation is 3. The van der Waals surface area contributed by atoms with Gasteiger partial charge < -0.3 is 24.8 Å². The largest absolute Gasteiger partial charge is 1.00 e. The summed E-state index contributed by atoms with van der Waals surface area (Å²) in [5.41, 5.74) is 10.5. The van der Waals surface area contributed by atoms with Crippen molar-refractivity contribution in [3.8, 4) is 0 Å². The monoisotopic (exact) mass is 630 g/mol. The van der Waals surface area contributed by atoms with E-state index in [1.807, 2.05) is 0 Å². The molecule has 0 aliphatic heterocycles. The van der Waals surface area contributed by atoms with Crippen molar-refractivity contribution in [1.29, 1.82) is 0 Å². The maximum atomic E-state index is 2.53. The molecule has 0 amide bonds. The average Bonchev–Trinajstić information content (AvgIpc) is 3.30. The van der Waals surface area contributed by atoms with Crippen molar-refractivity contribution in [2.45, 2.75) is 28.1 Å². The fourth-order valence-corrected chi connectivity index (χ4v) is 13.9. The summed E-state index contributed by atoms with van der Waals surface area (Å²) in [6.45, 7) is 6.81. The number of rotatable bonds is 4. The summed E-state index contributed by atoms with van der Waals surface area (Å²) in [5.74, 6) is 0. The first-order valence-electron chi connectivity index (χ1n) is 10.3. The van der Waals surface area contributed by atoms with Gasteiger partial charge in [-0.05, 0) is 0 Å². The van der Waals surface area contributed by atoms with Gasteiger partial charge in [-0.15, -0.1) is 0 Å². The first-order chi connectivity index (χ1) is 14.1. The molecule has 3 unspecified atom stereocenters. The molecule has 5 rings (SSSR count). The number of hydrogen-bond acceptors (Lipinski definition) is 0. The molecule has 0 fully saturated rings. The van der Waals surface area contributed by atoms with Crippen LogP contribution in [-0.4, -0.2) is 0 Å². The fraction of sp³-hybridized carbons (Fsp3) is 0.185. The second kappa shape index (κ2) is 10.3. The van der Waals surface area contributed by atoms with E-state index < -0.39 is 22.9 Å². The molecule has 3 aromatic rings. The summed E-state index contributed by atoms with van der Waals surface area (Å²) in [6.07, 6.45) is 7.45. The normalized spacial score (nSPS) is 18.1. The molecule has 0 heterocycles. The quantitative estimate of drug-likeness (QED) is 0.297. The van der Waals surface area contributed by atoms with Gasteiger partial charge in [-0.3, -0.25) is 0 Å². The maximum absolute atomic E-state index is 2.53. The number of allylic oxidation sites excluding steroid dienone is 2. The molecule has 0 N–H and O–H groups in total. The van der Waals surface area contributed by atoms with E-state index in [2.05, 4.69) is 99.7 Å². The van der Waals surface area contributed by atoms with Crippen LogP contribution >= 0.6 is 8.58 Å². The second-order valence-electron chi connectivity index (χ2n) is 8.13. The Labute approximate surface area is 211 Å². The van der Waals surface area contributed by atoms with E-state index in [1.165, 1.54) is 33.1 Å². The van der Waals surface area contributed by atoms with Gasteiger partial charge in [0.15, 0.2) is 0 Å². The van der Waals surface area contributed by atoms with Crippen molar-refractivity contribution < 1.29 is 47.7 Å². The van der Waals surface area contributed by atoms with Gasteiger partial charge in [0.25, 0.3) is 0 Å². The van der Waals surface area contributed by atoms with E-state index in [-0.39, 0.29) is 24.8 Å². The number of fused-ring (bicyclic) bond motifs is 2. The van der Waals surface area contributed by atoms with Crippen molar-refractivity contribution in [1.82, 2.24) is 0 Å². The minimum atomic E-state index is -1.04. The van der Waals surface area contributed by atoms with E-state index in [1.54, 1.807) is 16.4 Å². The number of benzene rings is 3.